The van der Waals surface area contributed by atoms with Gasteiger partial charge in [-0.2, -0.15) is 0 Å². The maximum absolute atomic E-state index is 12.1. The average Bonchev–Trinajstić information content (AvgIpc) is 2.45. The number of benzene rings is 1. The van der Waals surface area contributed by atoms with Crippen LogP contribution in [0.1, 0.15) is 13.3 Å². The molecular weight excluding hydrogens is 262 g/mol. The fraction of sp³-hybridized carbons (Fsp3) is 0.385. The summed E-state index contributed by atoms with van der Waals surface area (Å²) in [6, 6.07) is 6.89. The lowest BCUT2D eigenvalue weighted by Crippen LogP contribution is -2.30. The molecule has 2 aromatic rings. The third-order valence-electron chi connectivity index (χ3n) is 2.88. The molecular formula is C13H15N3O4. The first-order valence-corrected chi connectivity index (χ1v) is 6.30. The standard InChI is InChI=1S/C13H15N3O4/c1-2-20-11(13(18)19)7-8-16-12(17)9-5-3-4-6-10(9)14-15-16/h3-6,11H,2,7-8H2,1H3,(H,18,19). The van der Waals surface area contributed by atoms with E-state index in [1.807, 2.05) is 0 Å². The van der Waals surface area contributed by atoms with Gasteiger partial charge in [0.05, 0.1) is 5.39 Å². The maximum atomic E-state index is 12.1. The van der Waals surface area contributed by atoms with Crippen LogP contribution in [0.15, 0.2) is 29.1 Å². The average molecular weight is 277 g/mol. The first-order chi connectivity index (χ1) is 9.63. The molecule has 1 N–H and O–H groups in total. The molecule has 1 unspecified atom stereocenters. The highest BCUT2D eigenvalue weighted by Crippen LogP contribution is 2.05. The van der Waals surface area contributed by atoms with Crippen molar-refractivity contribution in [3.05, 3.63) is 34.6 Å². The fourth-order valence-electron chi connectivity index (χ4n) is 1.89. The lowest BCUT2D eigenvalue weighted by molar-refractivity contribution is -0.150. The molecule has 0 aliphatic carbocycles. The Morgan fingerprint density at radius 1 is 1.45 bits per heavy atom. The van der Waals surface area contributed by atoms with Gasteiger partial charge in [-0.15, -0.1) is 5.10 Å². The van der Waals surface area contributed by atoms with Crippen LogP contribution in [0.5, 0.6) is 0 Å². The van der Waals surface area contributed by atoms with Gasteiger partial charge in [-0.3, -0.25) is 4.79 Å². The quantitative estimate of drug-likeness (QED) is 0.834. The van der Waals surface area contributed by atoms with Crippen molar-refractivity contribution in [3.8, 4) is 0 Å². The summed E-state index contributed by atoms with van der Waals surface area (Å²) >= 11 is 0. The van der Waals surface area contributed by atoms with Crippen LogP contribution in [0.4, 0.5) is 0 Å². The number of aliphatic carboxylic acids is 1. The van der Waals surface area contributed by atoms with Gasteiger partial charge in [-0.25, -0.2) is 9.48 Å². The highest BCUT2D eigenvalue weighted by atomic mass is 16.5. The maximum Gasteiger partial charge on any atom is 0.332 e. The Hall–Kier alpha value is -2.28. The number of carbonyl (C=O) groups is 1. The molecule has 7 heteroatoms. The summed E-state index contributed by atoms with van der Waals surface area (Å²) in [6.07, 6.45) is -0.781. The highest BCUT2D eigenvalue weighted by molar-refractivity contribution is 5.76. The van der Waals surface area contributed by atoms with Crippen LogP contribution >= 0.6 is 0 Å². The van der Waals surface area contributed by atoms with Crippen LogP contribution in [0.3, 0.4) is 0 Å². The van der Waals surface area contributed by atoms with Gasteiger partial charge in [0, 0.05) is 19.6 Å². The molecule has 0 amide bonds. The summed E-state index contributed by atoms with van der Waals surface area (Å²) in [5, 5.41) is 17.2. The number of carboxylic acids is 1. The first-order valence-electron chi connectivity index (χ1n) is 6.30. The minimum atomic E-state index is -1.05. The Bertz CT molecular complexity index is 668. The highest BCUT2D eigenvalue weighted by Gasteiger charge is 2.18. The number of fused-ring (bicyclic) bond motifs is 1. The van der Waals surface area contributed by atoms with E-state index < -0.39 is 12.1 Å². The van der Waals surface area contributed by atoms with Crippen molar-refractivity contribution in [2.45, 2.75) is 26.0 Å². The molecule has 106 valence electrons. The minimum Gasteiger partial charge on any atom is -0.479 e. The van der Waals surface area contributed by atoms with E-state index in [1.54, 1.807) is 31.2 Å². The van der Waals surface area contributed by atoms with Crippen LogP contribution < -0.4 is 5.56 Å². The van der Waals surface area contributed by atoms with Crippen LogP contribution in [0.25, 0.3) is 10.9 Å². The molecule has 0 aliphatic heterocycles. The molecule has 0 saturated heterocycles. The van der Waals surface area contributed by atoms with Crippen LogP contribution in [0, 0.1) is 0 Å². The predicted molar refractivity (Wildman–Crippen MR) is 71.5 cm³/mol. The summed E-state index contributed by atoms with van der Waals surface area (Å²) in [5.41, 5.74) is 0.240. The molecule has 1 atom stereocenters. The minimum absolute atomic E-state index is 0.146. The largest absolute Gasteiger partial charge is 0.479 e. The summed E-state index contributed by atoms with van der Waals surface area (Å²) in [7, 11) is 0. The molecule has 1 aromatic heterocycles. The van der Waals surface area contributed by atoms with E-state index in [4.69, 9.17) is 9.84 Å². The summed E-state index contributed by atoms with van der Waals surface area (Å²) in [6.45, 7) is 2.17. The Labute approximate surface area is 114 Å². The molecule has 0 aliphatic rings. The number of aryl methyl sites for hydroxylation is 1. The Morgan fingerprint density at radius 3 is 2.90 bits per heavy atom. The molecule has 0 fully saturated rings. The lowest BCUT2D eigenvalue weighted by atomic mass is 10.2. The third kappa shape index (κ3) is 3.00. The lowest BCUT2D eigenvalue weighted by Gasteiger charge is -2.12. The first kappa shape index (κ1) is 14.1. The molecule has 0 saturated carbocycles. The second kappa shape index (κ2) is 6.25. The van der Waals surface area contributed by atoms with Crippen molar-refractivity contribution in [2.24, 2.45) is 0 Å². The monoisotopic (exact) mass is 277 g/mol. The molecule has 1 aromatic carbocycles. The summed E-state index contributed by atoms with van der Waals surface area (Å²) in [4.78, 5) is 23.1. The number of ether oxygens (including phenoxy) is 1. The normalized spacial score (nSPS) is 12.4. The zero-order chi connectivity index (χ0) is 14.5. The third-order valence-corrected chi connectivity index (χ3v) is 2.88. The van der Waals surface area contributed by atoms with E-state index >= 15 is 0 Å². The van der Waals surface area contributed by atoms with Crippen LogP contribution in [0.2, 0.25) is 0 Å². The number of hydrogen-bond donors (Lipinski definition) is 1. The van der Waals surface area contributed by atoms with E-state index in [-0.39, 0.29) is 18.5 Å². The molecule has 0 spiro atoms. The SMILES string of the molecule is CCOC(CCn1nnc2ccccc2c1=O)C(=O)O. The molecule has 1 heterocycles. The van der Waals surface area contributed by atoms with Gasteiger partial charge in [0.2, 0.25) is 0 Å². The molecule has 7 nitrogen and oxygen atoms in total. The van der Waals surface area contributed by atoms with Gasteiger partial charge >= 0.3 is 5.97 Å². The van der Waals surface area contributed by atoms with Crippen molar-refractivity contribution < 1.29 is 14.6 Å². The van der Waals surface area contributed by atoms with E-state index in [2.05, 4.69) is 10.3 Å². The van der Waals surface area contributed by atoms with Gasteiger partial charge < -0.3 is 9.84 Å². The van der Waals surface area contributed by atoms with Crippen molar-refractivity contribution in [1.29, 1.82) is 0 Å². The summed E-state index contributed by atoms with van der Waals surface area (Å²) < 4.78 is 6.25. The number of carboxylic acid groups (broad SMARTS) is 1. The Balaban J connectivity index is 2.20. The number of hydrogen-bond acceptors (Lipinski definition) is 5. The van der Waals surface area contributed by atoms with Crippen molar-refractivity contribution in [3.63, 3.8) is 0 Å². The van der Waals surface area contributed by atoms with E-state index in [0.29, 0.717) is 17.5 Å². The van der Waals surface area contributed by atoms with Crippen molar-refractivity contribution in [1.82, 2.24) is 15.0 Å². The number of aromatic nitrogens is 3. The number of nitrogens with zero attached hydrogens (tertiary/aromatic N) is 3. The Kier molecular flexibility index (Phi) is 4.41. The molecule has 0 radical (unpaired) electrons. The van der Waals surface area contributed by atoms with E-state index in [1.165, 1.54) is 0 Å². The van der Waals surface area contributed by atoms with Gasteiger partial charge in [-0.05, 0) is 19.1 Å². The van der Waals surface area contributed by atoms with Gasteiger partial charge in [0.15, 0.2) is 6.10 Å². The predicted octanol–water partition coefficient (Wildman–Crippen LogP) is 0.671. The topological polar surface area (TPSA) is 94.3 Å². The second-order valence-electron chi connectivity index (χ2n) is 4.21. The summed E-state index contributed by atoms with van der Waals surface area (Å²) in [5.74, 6) is -1.05. The fourth-order valence-corrected chi connectivity index (χ4v) is 1.89. The molecule has 2 rings (SSSR count). The zero-order valence-corrected chi connectivity index (χ0v) is 11.0. The molecule has 20 heavy (non-hydrogen) atoms. The van der Waals surface area contributed by atoms with Gasteiger partial charge in [-0.1, -0.05) is 17.3 Å². The zero-order valence-electron chi connectivity index (χ0n) is 11.0. The number of rotatable bonds is 6. The van der Waals surface area contributed by atoms with Gasteiger partial charge in [0.1, 0.15) is 5.52 Å². The van der Waals surface area contributed by atoms with E-state index in [9.17, 15) is 9.59 Å². The Morgan fingerprint density at radius 2 is 2.20 bits per heavy atom. The van der Waals surface area contributed by atoms with Crippen LogP contribution in [-0.4, -0.2) is 38.8 Å². The second-order valence-corrected chi connectivity index (χ2v) is 4.21. The van der Waals surface area contributed by atoms with Gasteiger partial charge in [0.25, 0.3) is 5.56 Å². The van der Waals surface area contributed by atoms with Crippen molar-refractivity contribution >= 4 is 16.9 Å². The smallest absolute Gasteiger partial charge is 0.332 e. The van der Waals surface area contributed by atoms with Crippen molar-refractivity contribution in [2.75, 3.05) is 6.61 Å². The van der Waals surface area contributed by atoms with E-state index in [0.717, 1.165) is 4.68 Å². The van der Waals surface area contributed by atoms with Crippen LogP contribution in [-0.2, 0) is 16.1 Å². The molecule has 0 bridgehead atoms.